The van der Waals surface area contributed by atoms with Crippen LogP contribution < -0.4 is 11.1 Å². The molecular weight excluding hydrogens is 230 g/mol. The van der Waals surface area contributed by atoms with Crippen LogP contribution in [0.4, 0.5) is 0 Å². The fourth-order valence-electron chi connectivity index (χ4n) is 2.86. The Morgan fingerprint density at radius 3 is 2.72 bits per heavy atom. The molecule has 3 N–H and O–H groups in total. The molecule has 0 aromatic rings. The second-order valence-corrected chi connectivity index (χ2v) is 5.58. The van der Waals surface area contributed by atoms with Crippen molar-refractivity contribution in [3.63, 3.8) is 0 Å². The monoisotopic (exact) mass is 253 g/mol. The first-order valence-electron chi connectivity index (χ1n) is 6.92. The van der Waals surface area contributed by atoms with Gasteiger partial charge in [-0.1, -0.05) is 19.3 Å². The van der Waals surface area contributed by atoms with Gasteiger partial charge in [-0.05, 0) is 12.8 Å². The van der Waals surface area contributed by atoms with Gasteiger partial charge in [0, 0.05) is 38.0 Å². The van der Waals surface area contributed by atoms with Gasteiger partial charge in [0.2, 0.25) is 11.8 Å². The molecule has 5 heteroatoms. The summed E-state index contributed by atoms with van der Waals surface area (Å²) in [5.74, 6) is 0.140. The Labute approximate surface area is 108 Å². The van der Waals surface area contributed by atoms with Crippen LogP contribution in [0.15, 0.2) is 0 Å². The average Bonchev–Trinajstić information content (AvgIpc) is 2.54. The summed E-state index contributed by atoms with van der Waals surface area (Å²) in [6.07, 6.45) is 6.22. The number of amides is 2. The minimum atomic E-state index is -0.306. The fourth-order valence-corrected chi connectivity index (χ4v) is 2.86. The largest absolute Gasteiger partial charge is 0.354 e. The highest BCUT2D eigenvalue weighted by Gasteiger charge is 2.32. The van der Waals surface area contributed by atoms with E-state index in [-0.39, 0.29) is 17.4 Å². The lowest BCUT2D eigenvalue weighted by atomic mass is 9.80. The number of rotatable bonds is 2. The molecule has 2 amide bonds. The molecule has 1 saturated heterocycles. The van der Waals surface area contributed by atoms with Gasteiger partial charge in [0.15, 0.2) is 0 Å². The molecule has 2 fully saturated rings. The highest BCUT2D eigenvalue weighted by atomic mass is 16.2. The molecule has 0 radical (unpaired) electrons. The molecule has 2 rings (SSSR count). The average molecular weight is 253 g/mol. The van der Waals surface area contributed by atoms with Crippen LogP contribution in [-0.2, 0) is 9.59 Å². The van der Waals surface area contributed by atoms with E-state index in [1.54, 1.807) is 4.90 Å². The molecule has 5 nitrogen and oxygen atoms in total. The summed E-state index contributed by atoms with van der Waals surface area (Å²) in [5, 5.41) is 2.78. The molecule has 1 aliphatic carbocycles. The van der Waals surface area contributed by atoms with Gasteiger partial charge < -0.3 is 16.0 Å². The molecule has 1 heterocycles. The van der Waals surface area contributed by atoms with Gasteiger partial charge >= 0.3 is 0 Å². The highest BCUT2D eigenvalue weighted by Crippen LogP contribution is 2.29. The Balaban J connectivity index is 1.88. The first-order chi connectivity index (χ1) is 8.59. The zero-order chi connectivity index (χ0) is 13.0. The van der Waals surface area contributed by atoms with Crippen molar-refractivity contribution >= 4 is 11.8 Å². The molecule has 1 aliphatic heterocycles. The van der Waals surface area contributed by atoms with Crippen molar-refractivity contribution in [2.24, 2.45) is 5.73 Å². The summed E-state index contributed by atoms with van der Waals surface area (Å²) >= 11 is 0. The van der Waals surface area contributed by atoms with Gasteiger partial charge in [0.05, 0.1) is 0 Å². The van der Waals surface area contributed by atoms with Crippen LogP contribution >= 0.6 is 0 Å². The van der Waals surface area contributed by atoms with Crippen LogP contribution in [0.1, 0.15) is 44.9 Å². The first-order valence-corrected chi connectivity index (χ1v) is 6.92. The second-order valence-electron chi connectivity index (χ2n) is 5.58. The molecule has 0 spiro atoms. The van der Waals surface area contributed by atoms with E-state index in [4.69, 9.17) is 5.73 Å². The quantitative estimate of drug-likeness (QED) is 0.747. The minimum absolute atomic E-state index is 0.0328. The topological polar surface area (TPSA) is 75.4 Å². The van der Waals surface area contributed by atoms with Gasteiger partial charge in [-0.15, -0.1) is 0 Å². The lowest BCUT2D eigenvalue weighted by molar-refractivity contribution is -0.132. The van der Waals surface area contributed by atoms with Crippen LogP contribution in [0, 0.1) is 0 Å². The maximum atomic E-state index is 12.2. The smallest absolute Gasteiger partial charge is 0.224 e. The molecule has 18 heavy (non-hydrogen) atoms. The SMILES string of the molecule is NC1(CC(=O)N2CCNC(=O)CC2)CCCCC1. The molecule has 1 saturated carbocycles. The van der Waals surface area contributed by atoms with Crippen LogP contribution in [-0.4, -0.2) is 41.9 Å². The van der Waals surface area contributed by atoms with Crippen molar-refractivity contribution in [1.82, 2.24) is 10.2 Å². The van der Waals surface area contributed by atoms with Crippen molar-refractivity contribution in [2.45, 2.75) is 50.5 Å². The summed E-state index contributed by atoms with van der Waals surface area (Å²) in [5.41, 5.74) is 6.00. The van der Waals surface area contributed by atoms with E-state index in [2.05, 4.69) is 5.32 Å². The molecule has 102 valence electrons. The van der Waals surface area contributed by atoms with E-state index >= 15 is 0 Å². The third kappa shape index (κ3) is 3.45. The van der Waals surface area contributed by atoms with E-state index in [9.17, 15) is 9.59 Å². The third-order valence-electron chi connectivity index (χ3n) is 4.02. The van der Waals surface area contributed by atoms with Gasteiger partial charge in [0.1, 0.15) is 0 Å². The van der Waals surface area contributed by atoms with E-state index < -0.39 is 0 Å². The van der Waals surface area contributed by atoms with Crippen LogP contribution in [0.25, 0.3) is 0 Å². The van der Waals surface area contributed by atoms with Crippen molar-refractivity contribution in [3.8, 4) is 0 Å². The zero-order valence-electron chi connectivity index (χ0n) is 10.9. The lowest BCUT2D eigenvalue weighted by Gasteiger charge is -2.34. The predicted molar refractivity (Wildman–Crippen MR) is 68.8 cm³/mol. The zero-order valence-corrected chi connectivity index (χ0v) is 10.9. The van der Waals surface area contributed by atoms with Crippen LogP contribution in [0.2, 0.25) is 0 Å². The summed E-state index contributed by atoms with van der Waals surface area (Å²) < 4.78 is 0. The molecular formula is C13H23N3O2. The fraction of sp³-hybridized carbons (Fsp3) is 0.846. The minimum Gasteiger partial charge on any atom is -0.354 e. The molecule has 0 unspecified atom stereocenters. The van der Waals surface area contributed by atoms with Gasteiger partial charge in [-0.2, -0.15) is 0 Å². The Hall–Kier alpha value is -1.10. The van der Waals surface area contributed by atoms with Crippen molar-refractivity contribution in [3.05, 3.63) is 0 Å². The van der Waals surface area contributed by atoms with E-state index in [0.717, 1.165) is 25.7 Å². The normalized spacial score (nSPS) is 24.3. The molecule has 2 aliphatic rings. The number of carbonyl (C=O) groups excluding carboxylic acids is 2. The molecule has 0 aromatic carbocycles. The Morgan fingerprint density at radius 1 is 1.28 bits per heavy atom. The standard InChI is InChI=1S/C13H23N3O2/c14-13(5-2-1-3-6-13)10-12(18)16-8-4-11(17)15-7-9-16/h1-10,14H2,(H,15,17). The summed E-state index contributed by atoms with van der Waals surface area (Å²) in [7, 11) is 0. The third-order valence-corrected chi connectivity index (χ3v) is 4.02. The molecule has 0 aromatic heterocycles. The van der Waals surface area contributed by atoms with Crippen molar-refractivity contribution in [2.75, 3.05) is 19.6 Å². The van der Waals surface area contributed by atoms with Crippen molar-refractivity contribution < 1.29 is 9.59 Å². The van der Waals surface area contributed by atoms with Crippen LogP contribution in [0.5, 0.6) is 0 Å². The van der Waals surface area contributed by atoms with Gasteiger partial charge in [-0.25, -0.2) is 0 Å². The molecule has 0 atom stereocenters. The van der Waals surface area contributed by atoms with E-state index in [0.29, 0.717) is 32.5 Å². The van der Waals surface area contributed by atoms with E-state index in [1.165, 1.54) is 6.42 Å². The van der Waals surface area contributed by atoms with Crippen LogP contribution in [0.3, 0.4) is 0 Å². The Kier molecular flexibility index (Phi) is 4.22. The summed E-state index contributed by atoms with van der Waals surface area (Å²) in [6, 6.07) is 0. The number of hydrogen-bond acceptors (Lipinski definition) is 3. The van der Waals surface area contributed by atoms with Gasteiger partial charge in [-0.3, -0.25) is 9.59 Å². The van der Waals surface area contributed by atoms with Crippen molar-refractivity contribution in [1.29, 1.82) is 0 Å². The number of nitrogens with zero attached hydrogens (tertiary/aromatic N) is 1. The predicted octanol–water partition coefficient (Wildman–Crippen LogP) is 0.387. The first kappa shape index (κ1) is 13.3. The number of carbonyl (C=O) groups is 2. The summed E-state index contributed by atoms with van der Waals surface area (Å²) in [6.45, 7) is 1.70. The number of hydrogen-bond donors (Lipinski definition) is 2. The number of nitrogens with two attached hydrogens (primary N) is 1. The molecule has 0 bridgehead atoms. The second kappa shape index (κ2) is 5.69. The van der Waals surface area contributed by atoms with E-state index in [1.807, 2.05) is 0 Å². The summed E-state index contributed by atoms with van der Waals surface area (Å²) in [4.78, 5) is 25.2. The maximum absolute atomic E-state index is 12.2. The highest BCUT2D eigenvalue weighted by molar-refractivity contribution is 5.80. The Morgan fingerprint density at radius 2 is 2.00 bits per heavy atom. The maximum Gasteiger partial charge on any atom is 0.224 e. The van der Waals surface area contributed by atoms with Gasteiger partial charge in [0.25, 0.3) is 0 Å². The Bertz CT molecular complexity index is 324. The lowest BCUT2D eigenvalue weighted by Crippen LogP contribution is -2.47. The number of nitrogens with one attached hydrogen (secondary N) is 1.